The Bertz CT molecular complexity index is 1350. The molecule has 0 unspecified atom stereocenters. The second-order valence-electron chi connectivity index (χ2n) is 7.49. The number of halogens is 3. The fourth-order valence-corrected chi connectivity index (χ4v) is 3.40. The second-order valence-corrected chi connectivity index (χ2v) is 7.49. The third kappa shape index (κ3) is 5.60. The van der Waals surface area contributed by atoms with Crippen LogP contribution in [0.25, 0.3) is 22.9 Å². The van der Waals surface area contributed by atoms with Crippen molar-refractivity contribution in [2.24, 2.45) is 0 Å². The maximum Gasteiger partial charge on any atom is 0.416 e. The Labute approximate surface area is 198 Å². The Morgan fingerprint density at radius 3 is 2.20 bits per heavy atom. The number of ether oxygens (including phenoxy) is 2. The predicted molar refractivity (Wildman–Crippen MR) is 122 cm³/mol. The minimum absolute atomic E-state index is 0.0472. The van der Waals surface area contributed by atoms with Crippen molar-refractivity contribution in [3.05, 3.63) is 77.9 Å². The second kappa shape index (κ2) is 9.88. The van der Waals surface area contributed by atoms with Crippen molar-refractivity contribution in [1.29, 1.82) is 0 Å². The van der Waals surface area contributed by atoms with Gasteiger partial charge >= 0.3 is 6.18 Å². The zero-order chi connectivity index (χ0) is 25.0. The number of methoxy groups -OCH3 is 2. The molecule has 0 aliphatic carbocycles. The van der Waals surface area contributed by atoms with Crippen LogP contribution in [0.15, 0.2) is 71.1 Å². The topological polar surface area (TPSA) is 86.5 Å². The molecule has 35 heavy (non-hydrogen) atoms. The van der Waals surface area contributed by atoms with Gasteiger partial charge in [0.15, 0.2) is 11.5 Å². The van der Waals surface area contributed by atoms with Crippen molar-refractivity contribution in [2.75, 3.05) is 19.5 Å². The van der Waals surface area contributed by atoms with E-state index in [0.29, 0.717) is 22.7 Å². The molecule has 1 heterocycles. The number of anilines is 1. The van der Waals surface area contributed by atoms with E-state index in [1.807, 2.05) is 0 Å². The standard InChI is InChI=1S/C25H20F3N3O4/c1-33-20-10-9-15(11-21(20)34-2)12-22(32)29-19-8-4-6-17(14-19)24-31-30-23(35-24)16-5-3-7-18(13-16)25(26,27)28/h3-11,13-14H,12H2,1-2H3,(H,29,32). The first kappa shape index (κ1) is 23.8. The number of alkyl halides is 3. The van der Waals surface area contributed by atoms with Gasteiger partial charge in [-0.25, -0.2) is 0 Å². The first-order chi connectivity index (χ1) is 16.8. The van der Waals surface area contributed by atoms with Crippen LogP contribution in [-0.2, 0) is 17.4 Å². The molecule has 0 radical (unpaired) electrons. The van der Waals surface area contributed by atoms with E-state index in [4.69, 9.17) is 13.9 Å². The number of nitrogens with zero attached hydrogens (tertiary/aromatic N) is 2. The quantitative estimate of drug-likeness (QED) is 0.367. The molecule has 1 aromatic heterocycles. The molecule has 0 aliphatic heterocycles. The molecular weight excluding hydrogens is 463 g/mol. The summed E-state index contributed by atoms with van der Waals surface area (Å²) >= 11 is 0. The highest BCUT2D eigenvalue weighted by Gasteiger charge is 2.30. The van der Waals surface area contributed by atoms with Gasteiger partial charge in [0.1, 0.15) is 0 Å². The van der Waals surface area contributed by atoms with Crippen LogP contribution in [0.1, 0.15) is 11.1 Å². The lowest BCUT2D eigenvalue weighted by molar-refractivity contribution is -0.137. The Kier molecular flexibility index (Phi) is 6.72. The molecule has 180 valence electrons. The number of rotatable bonds is 7. The third-order valence-electron chi connectivity index (χ3n) is 5.07. The fourth-order valence-electron chi connectivity index (χ4n) is 3.40. The van der Waals surface area contributed by atoms with E-state index in [1.54, 1.807) is 42.5 Å². The number of carbonyl (C=O) groups is 1. The minimum atomic E-state index is -4.48. The summed E-state index contributed by atoms with van der Waals surface area (Å²) in [5.41, 5.74) is 1.07. The highest BCUT2D eigenvalue weighted by atomic mass is 19.4. The van der Waals surface area contributed by atoms with Crippen molar-refractivity contribution in [1.82, 2.24) is 10.2 Å². The lowest BCUT2D eigenvalue weighted by atomic mass is 10.1. The zero-order valence-corrected chi connectivity index (χ0v) is 18.7. The van der Waals surface area contributed by atoms with Crippen LogP contribution in [0.5, 0.6) is 11.5 Å². The number of carbonyl (C=O) groups excluding carboxylic acids is 1. The van der Waals surface area contributed by atoms with Crippen molar-refractivity contribution < 1.29 is 31.9 Å². The van der Waals surface area contributed by atoms with Gasteiger partial charge < -0.3 is 19.2 Å². The molecule has 0 spiro atoms. The number of hydrogen-bond acceptors (Lipinski definition) is 6. The Hall–Kier alpha value is -4.34. The van der Waals surface area contributed by atoms with E-state index in [1.165, 1.54) is 26.4 Å². The average Bonchev–Trinajstić information content (AvgIpc) is 3.34. The van der Waals surface area contributed by atoms with E-state index in [9.17, 15) is 18.0 Å². The summed E-state index contributed by atoms with van der Waals surface area (Å²) in [6, 6.07) is 16.6. The van der Waals surface area contributed by atoms with E-state index in [-0.39, 0.29) is 29.7 Å². The van der Waals surface area contributed by atoms with Crippen molar-refractivity contribution in [3.8, 4) is 34.4 Å². The van der Waals surface area contributed by atoms with E-state index in [0.717, 1.165) is 17.7 Å². The molecule has 0 fully saturated rings. The van der Waals surface area contributed by atoms with Gasteiger partial charge in [-0.2, -0.15) is 13.2 Å². The smallest absolute Gasteiger partial charge is 0.416 e. The Balaban J connectivity index is 1.48. The molecule has 1 amide bonds. The normalized spacial score (nSPS) is 11.2. The summed E-state index contributed by atoms with van der Waals surface area (Å²) in [4.78, 5) is 12.6. The van der Waals surface area contributed by atoms with Gasteiger partial charge in [0.2, 0.25) is 17.7 Å². The van der Waals surface area contributed by atoms with Gasteiger partial charge in [0.05, 0.1) is 26.2 Å². The van der Waals surface area contributed by atoms with E-state index < -0.39 is 11.7 Å². The van der Waals surface area contributed by atoms with Crippen LogP contribution in [0.4, 0.5) is 18.9 Å². The molecule has 0 bridgehead atoms. The summed E-state index contributed by atoms with van der Waals surface area (Å²) in [6.07, 6.45) is -4.38. The minimum Gasteiger partial charge on any atom is -0.493 e. The monoisotopic (exact) mass is 483 g/mol. The molecule has 10 heteroatoms. The maximum atomic E-state index is 13.0. The summed E-state index contributed by atoms with van der Waals surface area (Å²) in [5.74, 6) is 0.883. The SMILES string of the molecule is COc1ccc(CC(=O)Nc2cccc(-c3nnc(-c4cccc(C(F)(F)F)c4)o3)c2)cc1OC. The predicted octanol–water partition coefficient (Wildman–Crippen LogP) is 5.62. The lowest BCUT2D eigenvalue weighted by Crippen LogP contribution is -2.14. The van der Waals surface area contributed by atoms with Crippen molar-refractivity contribution in [3.63, 3.8) is 0 Å². The van der Waals surface area contributed by atoms with Crippen LogP contribution >= 0.6 is 0 Å². The Morgan fingerprint density at radius 1 is 0.886 bits per heavy atom. The summed E-state index contributed by atoms with van der Waals surface area (Å²) in [7, 11) is 3.05. The highest BCUT2D eigenvalue weighted by molar-refractivity contribution is 5.92. The van der Waals surface area contributed by atoms with Crippen LogP contribution in [0.3, 0.4) is 0 Å². The number of aromatic nitrogens is 2. The van der Waals surface area contributed by atoms with Gasteiger partial charge in [0.25, 0.3) is 0 Å². The summed E-state index contributed by atoms with van der Waals surface area (Å²) in [6.45, 7) is 0. The first-order valence-electron chi connectivity index (χ1n) is 10.4. The Morgan fingerprint density at radius 2 is 1.54 bits per heavy atom. The number of benzene rings is 3. The molecular formula is C25H20F3N3O4. The molecule has 3 aromatic carbocycles. The van der Waals surface area contributed by atoms with Gasteiger partial charge in [-0.05, 0) is 54.1 Å². The molecule has 0 saturated heterocycles. The van der Waals surface area contributed by atoms with Gasteiger partial charge in [-0.15, -0.1) is 10.2 Å². The van der Waals surface area contributed by atoms with Crippen molar-refractivity contribution >= 4 is 11.6 Å². The van der Waals surface area contributed by atoms with Crippen LogP contribution in [0.2, 0.25) is 0 Å². The van der Waals surface area contributed by atoms with Crippen LogP contribution in [0, 0.1) is 0 Å². The van der Waals surface area contributed by atoms with Gasteiger partial charge in [-0.3, -0.25) is 4.79 Å². The molecule has 4 rings (SSSR count). The van der Waals surface area contributed by atoms with Gasteiger partial charge in [0, 0.05) is 16.8 Å². The van der Waals surface area contributed by atoms with E-state index in [2.05, 4.69) is 15.5 Å². The number of hydrogen-bond donors (Lipinski definition) is 1. The zero-order valence-electron chi connectivity index (χ0n) is 18.7. The average molecular weight is 483 g/mol. The van der Waals surface area contributed by atoms with Crippen LogP contribution in [-0.4, -0.2) is 30.3 Å². The first-order valence-corrected chi connectivity index (χ1v) is 10.4. The van der Waals surface area contributed by atoms with Gasteiger partial charge in [-0.1, -0.05) is 18.2 Å². The maximum absolute atomic E-state index is 13.0. The highest BCUT2D eigenvalue weighted by Crippen LogP contribution is 2.33. The molecule has 7 nitrogen and oxygen atoms in total. The molecule has 1 N–H and O–H groups in total. The lowest BCUT2D eigenvalue weighted by Gasteiger charge is -2.10. The summed E-state index contributed by atoms with van der Waals surface area (Å²) in [5, 5.41) is 10.6. The summed E-state index contributed by atoms with van der Waals surface area (Å²) < 4.78 is 55.1. The molecule has 0 aliphatic rings. The third-order valence-corrected chi connectivity index (χ3v) is 5.07. The number of nitrogens with one attached hydrogen (secondary N) is 1. The number of amides is 1. The van der Waals surface area contributed by atoms with Crippen molar-refractivity contribution in [2.45, 2.75) is 12.6 Å². The molecule has 4 aromatic rings. The molecule has 0 atom stereocenters. The fraction of sp³-hybridized carbons (Fsp3) is 0.160. The van der Waals surface area contributed by atoms with Crippen LogP contribution < -0.4 is 14.8 Å². The largest absolute Gasteiger partial charge is 0.493 e. The molecule has 0 saturated carbocycles. The van der Waals surface area contributed by atoms with E-state index >= 15 is 0 Å².